The van der Waals surface area contributed by atoms with E-state index in [0.717, 1.165) is 36.8 Å². The summed E-state index contributed by atoms with van der Waals surface area (Å²) in [6.45, 7) is 2.93. The molecule has 0 saturated heterocycles. The molecule has 0 aliphatic heterocycles. The second-order valence-corrected chi connectivity index (χ2v) is 15.7. The fourth-order valence-corrected chi connectivity index (χ4v) is 6.20. The number of hydrogen-bond acceptors (Lipinski definition) is 14. The van der Waals surface area contributed by atoms with Crippen molar-refractivity contribution in [2.24, 2.45) is 25.4 Å². The summed E-state index contributed by atoms with van der Waals surface area (Å²) in [5, 5.41) is 66.8. The molecule has 0 atom stereocenters. The quantitative estimate of drug-likeness (QED) is 0.101. The van der Waals surface area contributed by atoms with Crippen molar-refractivity contribution < 1.29 is 83.6 Å². The van der Waals surface area contributed by atoms with Gasteiger partial charge in [-0.3, -0.25) is 14.9 Å². The SMILES string of the molecule is CC([O-])=Nc1cccc2ccc([O-])c(N=Nc3cc(S(C)(=O)=O)ccc3[O-])c12.Cc1[nH]n(-c2ccccc2)c(=O)c1N=Nc1cc(S(C)(=O)=O)ccc1[O-].[Co+3].[Na+]. The van der Waals surface area contributed by atoms with Crippen LogP contribution in [0.4, 0.5) is 28.4 Å². The third kappa shape index (κ3) is 10.8. The number of aromatic amines is 1. The minimum atomic E-state index is -3.54. The fraction of sp³-hybridized carbons (Fsp3) is 0.111. The van der Waals surface area contributed by atoms with Crippen molar-refractivity contribution in [3.63, 3.8) is 0 Å². The van der Waals surface area contributed by atoms with Crippen LogP contribution in [-0.4, -0.2) is 45.0 Å². The Bertz CT molecular complexity index is 2770. The molecular weight excluding hydrogens is 820 g/mol. The predicted molar refractivity (Wildman–Crippen MR) is 194 cm³/mol. The maximum absolute atomic E-state index is 12.5. The van der Waals surface area contributed by atoms with Crippen molar-refractivity contribution in [2.75, 3.05) is 12.5 Å². The van der Waals surface area contributed by atoms with Gasteiger partial charge in [0.15, 0.2) is 25.4 Å². The Balaban J connectivity index is 0.000000291. The van der Waals surface area contributed by atoms with Crippen LogP contribution < -0.4 is 55.5 Å². The van der Waals surface area contributed by atoms with E-state index in [-0.39, 0.29) is 84.6 Å². The van der Waals surface area contributed by atoms with Gasteiger partial charge in [-0.25, -0.2) is 21.5 Å². The molecule has 0 amide bonds. The van der Waals surface area contributed by atoms with E-state index in [0.29, 0.717) is 22.2 Å². The number of aryl methyl sites for hydroxylation is 1. The number of para-hydroxylation sites is 1. The smallest absolute Gasteiger partial charge is 0.871 e. The van der Waals surface area contributed by atoms with Crippen molar-refractivity contribution in [1.82, 2.24) is 9.78 Å². The van der Waals surface area contributed by atoms with Gasteiger partial charge in [-0.1, -0.05) is 71.8 Å². The van der Waals surface area contributed by atoms with E-state index in [4.69, 9.17) is 0 Å². The molecule has 0 bridgehead atoms. The molecule has 0 radical (unpaired) electrons. The molecule has 20 heteroatoms. The minimum Gasteiger partial charge on any atom is -0.871 e. The van der Waals surface area contributed by atoms with Crippen LogP contribution in [0, 0.1) is 6.92 Å². The molecule has 0 saturated carbocycles. The van der Waals surface area contributed by atoms with Crippen LogP contribution in [-0.2, 0) is 36.5 Å². The molecule has 16 nitrogen and oxygen atoms in total. The number of nitrogens with one attached hydrogen (secondary N) is 1. The number of rotatable bonds is 8. The number of fused-ring (bicyclic) bond motifs is 1. The number of azo groups is 2. The molecule has 1 aromatic heterocycles. The minimum absolute atomic E-state index is 0. The van der Waals surface area contributed by atoms with Crippen LogP contribution in [0.2, 0.25) is 0 Å². The summed E-state index contributed by atoms with van der Waals surface area (Å²) in [6.07, 6.45) is 2.03. The number of benzene rings is 5. The van der Waals surface area contributed by atoms with E-state index >= 15 is 0 Å². The standard InChI is InChI=1S/C19H17N3O5S.C17H16N4O4S.Co.Na/c1-11(23)20-14-5-3-4-12-6-8-17(25)19(18(12)14)22-21-15-10-13(28(2,26)27)7-9-16(15)24;1-11-16(17(23)21(20-11)12-6-4-3-5-7-12)19-18-14-10-13(26(2,24)25)8-9-15(14)22;;/h3-10,24-25H,1-2H3,(H,20,23);3-10,20,22H,1-2H3;;/q;;+3;+1/p-4. The first-order valence-electron chi connectivity index (χ1n) is 15.6. The van der Waals surface area contributed by atoms with Gasteiger partial charge >= 0.3 is 46.3 Å². The Morgan fingerprint density at radius 1 is 0.661 bits per heavy atom. The molecule has 284 valence electrons. The van der Waals surface area contributed by atoms with E-state index in [1.54, 1.807) is 55.5 Å². The van der Waals surface area contributed by atoms with Gasteiger partial charge in [-0.05, 0) is 67.6 Å². The average Bonchev–Trinajstić information content (AvgIpc) is 3.39. The van der Waals surface area contributed by atoms with Crippen molar-refractivity contribution in [3.05, 3.63) is 113 Å². The first-order chi connectivity index (χ1) is 25.4. The van der Waals surface area contributed by atoms with Crippen molar-refractivity contribution in [1.29, 1.82) is 0 Å². The Morgan fingerprint density at radius 2 is 1.18 bits per heavy atom. The van der Waals surface area contributed by atoms with Gasteiger partial charge in [0, 0.05) is 17.9 Å². The normalized spacial score (nSPS) is 11.9. The van der Waals surface area contributed by atoms with Gasteiger partial charge in [-0.15, -0.1) is 5.11 Å². The molecule has 6 aromatic rings. The largest absolute Gasteiger partial charge is 3.00 e. The van der Waals surface area contributed by atoms with E-state index in [1.807, 2.05) is 6.07 Å². The van der Waals surface area contributed by atoms with Crippen molar-refractivity contribution in [3.8, 4) is 22.9 Å². The summed E-state index contributed by atoms with van der Waals surface area (Å²) in [7, 11) is -7.03. The van der Waals surface area contributed by atoms with Gasteiger partial charge in [0.2, 0.25) is 0 Å². The van der Waals surface area contributed by atoms with Crippen LogP contribution >= 0.6 is 0 Å². The van der Waals surface area contributed by atoms with Gasteiger partial charge in [0.05, 0.1) is 43.9 Å². The maximum atomic E-state index is 12.5. The molecule has 0 fully saturated rings. The molecule has 0 aliphatic carbocycles. The molecule has 0 spiro atoms. The van der Waals surface area contributed by atoms with E-state index in [1.165, 1.54) is 29.8 Å². The number of H-pyrrole nitrogens is 1. The number of nitrogens with zero attached hydrogens (tertiary/aromatic N) is 6. The third-order valence-corrected chi connectivity index (χ3v) is 9.74. The number of sulfone groups is 2. The van der Waals surface area contributed by atoms with Crippen LogP contribution in [0.1, 0.15) is 12.6 Å². The van der Waals surface area contributed by atoms with Crippen LogP contribution in [0.15, 0.2) is 137 Å². The zero-order chi connectivity index (χ0) is 39.4. The van der Waals surface area contributed by atoms with Gasteiger partial charge in [-0.2, -0.15) is 15.3 Å². The molecule has 0 unspecified atom stereocenters. The van der Waals surface area contributed by atoms with Gasteiger partial charge in [0.1, 0.15) is 0 Å². The number of aromatic nitrogens is 2. The first-order valence-corrected chi connectivity index (χ1v) is 19.4. The molecule has 0 aliphatic rings. The second-order valence-electron chi connectivity index (χ2n) is 11.7. The number of hydrogen-bond donors (Lipinski definition) is 1. The maximum Gasteiger partial charge on any atom is 3.00 e. The van der Waals surface area contributed by atoms with Gasteiger partial charge in [0.25, 0.3) is 5.56 Å². The van der Waals surface area contributed by atoms with E-state index in [9.17, 15) is 42.1 Å². The van der Waals surface area contributed by atoms with E-state index < -0.39 is 48.4 Å². The average molecular weight is 850 g/mol. The zero-order valence-corrected chi connectivity index (χ0v) is 34.9. The summed E-state index contributed by atoms with van der Waals surface area (Å²) in [5.41, 5.74) is 0.493. The first kappa shape index (κ1) is 45.2. The Kier molecular flexibility index (Phi) is 15.1. The molecule has 56 heavy (non-hydrogen) atoms. The summed E-state index contributed by atoms with van der Waals surface area (Å²) in [4.78, 5) is 16.3. The molecule has 5 aromatic carbocycles. The summed E-state index contributed by atoms with van der Waals surface area (Å²) >= 11 is 0. The topological polar surface area (TPSA) is 260 Å². The predicted octanol–water partition coefficient (Wildman–Crippen LogP) is 1.58. The van der Waals surface area contributed by atoms with Crippen LogP contribution in [0.5, 0.6) is 17.2 Å². The van der Waals surface area contributed by atoms with Gasteiger partial charge < -0.3 is 20.4 Å². The zero-order valence-electron chi connectivity index (χ0n) is 30.2. The second kappa shape index (κ2) is 18.7. The summed E-state index contributed by atoms with van der Waals surface area (Å²) in [6, 6.07) is 23.5. The van der Waals surface area contributed by atoms with Crippen molar-refractivity contribution in [2.45, 2.75) is 23.6 Å². The number of aliphatic imine (C=N–C) groups is 1. The van der Waals surface area contributed by atoms with Crippen LogP contribution in [0.3, 0.4) is 0 Å². The Hall–Kier alpha value is -5.15. The summed E-state index contributed by atoms with van der Waals surface area (Å²) < 4.78 is 47.9. The Labute approximate surface area is 353 Å². The monoisotopic (exact) mass is 849 g/mol. The van der Waals surface area contributed by atoms with Crippen LogP contribution in [0.25, 0.3) is 16.5 Å². The molecule has 6 rings (SSSR count). The van der Waals surface area contributed by atoms with Crippen molar-refractivity contribution >= 4 is 64.8 Å². The summed E-state index contributed by atoms with van der Waals surface area (Å²) in [5.74, 6) is -1.96. The Morgan fingerprint density at radius 3 is 1.70 bits per heavy atom. The van der Waals surface area contributed by atoms with E-state index in [2.05, 4.69) is 30.5 Å². The fourth-order valence-electron chi connectivity index (χ4n) is 4.92. The third-order valence-electron chi connectivity index (χ3n) is 7.52. The molecule has 1 N–H and O–H groups in total. The molecule has 1 heterocycles. The molecular formula is C36H29CoN7NaO9S2.